The van der Waals surface area contributed by atoms with Gasteiger partial charge in [0, 0.05) is 31.6 Å². The molecule has 1 aliphatic rings. The van der Waals surface area contributed by atoms with Crippen LogP contribution in [0.25, 0.3) is 11.0 Å². The van der Waals surface area contributed by atoms with E-state index >= 15 is 0 Å². The Hall–Kier alpha value is -3.72. The molecule has 228 valence electrons. The molecule has 11 nitrogen and oxygen atoms in total. The van der Waals surface area contributed by atoms with Gasteiger partial charge < -0.3 is 23.8 Å². The summed E-state index contributed by atoms with van der Waals surface area (Å²) < 4.78 is 73.7. The van der Waals surface area contributed by atoms with Gasteiger partial charge >= 0.3 is 18.4 Å². The molecule has 3 aromatic rings. The third-order valence-corrected chi connectivity index (χ3v) is 8.10. The van der Waals surface area contributed by atoms with E-state index in [2.05, 4.69) is 9.97 Å². The number of pyridine rings is 1. The molecule has 1 fully saturated rings. The summed E-state index contributed by atoms with van der Waals surface area (Å²) in [6, 6.07) is 7.45. The molecule has 42 heavy (non-hydrogen) atoms. The highest BCUT2D eigenvalue weighted by atomic mass is 32.2. The predicted molar refractivity (Wildman–Crippen MR) is 145 cm³/mol. The van der Waals surface area contributed by atoms with Crippen LogP contribution in [0.3, 0.4) is 0 Å². The second-order valence-electron chi connectivity index (χ2n) is 9.61. The molecular formula is C27H31F3N4O7S. The lowest BCUT2D eigenvalue weighted by Crippen LogP contribution is -2.35. The SMILES string of the molecule is Cc1c(OCC(F)(F)F)ccnc1C(C)S(=O)c1nc2ccccc2n1C(=O)N(C)CCOC(=O)OC1CCOCC1. The Balaban J connectivity index is 1.50. The summed E-state index contributed by atoms with van der Waals surface area (Å²) in [7, 11) is -0.475. The van der Waals surface area contributed by atoms with Gasteiger partial charge in [-0.15, -0.1) is 0 Å². The quantitative estimate of drug-likeness (QED) is 0.314. The number of aromatic nitrogens is 3. The Morgan fingerprint density at radius 3 is 2.64 bits per heavy atom. The van der Waals surface area contributed by atoms with Gasteiger partial charge in [-0.25, -0.2) is 19.1 Å². The predicted octanol–water partition coefficient (Wildman–Crippen LogP) is 4.78. The molecule has 0 bridgehead atoms. The maximum absolute atomic E-state index is 13.8. The maximum atomic E-state index is 13.8. The van der Waals surface area contributed by atoms with Crippen LogP contribution in [0.15, 0.2) is 41.7 Å². The van der Waals surface area contributed by atoms with E-state index in [-0.39, 0.29) is 35.9 Å². The molecule has 0 spiro atoms. The van der Waals surface area contributed by atoms with Crippen LogP contribution in [0.5, 0.6) is 5.75 Å². The zero-order valence-corrected chi connectivity index (χ0v) is 24.1. The highest BCUT2D eigenvalue weighted by molar-refractivity contribution is 7.85. The minimum atomic E-state index is -4.53. The van der Waals surface area contributed by atoms with Crippen molar-refractivity contribution < 1.29 is 45.9 Å². The fraction of sp³-hybridized carbons (Fsp3) is 0.481. The molecule has 4 rings (SSSR count). The summed E-state index contributed by atoms with van der Waals surface area (Å²) in [6.45, 7) is 2.50. The van der Waals surface area contributed by atoms with Crippen molar-refractivity contribution in [1.29, 1.82) is 0 Å². The molecule has 1 aromatic carbocycles. The standard InChI is InChI=1S/C27H31F3N4O7S/c1-17-22(40-16-27(28,29)30)8-11-31-23(17)18(2)42(37)24-32-20-6-4-5-7-21(20)34(24)25(35)33(3)12-15-39-26(36)41-19-9-13-38-14-10-19/h4-8,11,18-19H,9-10,12-16H2,1-3H3. The minimum Gasteiger partial charge on any atom is -0.484 e. The summed E-state index contributed by atoms with van der Waals surface area (Å²) in [6.07, 6.45) is -3.21. The van der Waals surface area contributed by atoms with E-state index in [0.717, 1.165) is 0 Å². The van der Waals surface area contributed by atoms with Gasteiger partial charge in [0.1, 0.15) is 18.5 Å². The number of alkyl halides is 3. The van der Waals surface area contributed by atoms with E-state index in [4.69, 9.17) is 18.9 Å². The topological polar surface area (TPSA) is 122 Å². The Kier molecular flexibility index (Phi) is 10.0. The van der Waals surface area contributed by atoms with Crippen molar-refractivity contribution in [3.05, 3.63) is 47.8 Å². The van der Waals surface area contributed by atoms with Crippen LogP contribution in [-0.2, 0) is 25.0 Å². The number of hydrogen-bond acceptors (Lipinski definition) is 9. The molecule has 3 heterocycles. The van der Waals surface area contributed by atoms with Crippen LogP contribution in [-0.4, -0.2) is 88.1 Å². The fourth-order valence-electron chi connectivity index (χ4n) is 4.34. The van der Waals surface area contributed by atoms with Crippen LogP contribution < -0.4 is 4.74 Å². The zero-order valence-electron chi connectivity index (χ0n) is 23.3. The average molecular weight is 613 g/mol. The van der Waals surface area contributed by atoms with Crippen LogP contribution in [0, 0.1) is 6.92 Å². The third kappa shape index (κ3) is 7.56. The Bertz CT molecular complexity index is 1440. The zero-order chi connectivity index (χ0) is 30.4. The molecule has 0 radical (unpaired) electrons. The first-order valence-corrected chi connectivity index (χ1v) is 14.4. The number of nitrogens with zero attached hydrogens (tertiary/aromatic N) is 4. The molecule has 0 aliphatic carbocycles. The lowest BCUT2D eigenvalue weighted by molar-refractivity contribution is -0.153. The minimum absolute atomic E-state index is 0.00903. The number of fused-ring (bicyclic) bond motifs is 1. The van der Waals surface area contributed by atoms with Gasteiger partial charge in [0.25, 0.3) is 0 Å². The van der Waals surface area contributed by atoms with Crippen LogP contribution in [0.1, 0.15) is 36.3 Å². The number of likely N-dealkylation sites (N-methyl/N-ethyl adjacent to an activating group) is 1. The summed E-state index contributed by atoms with van der Waals surface area (Å²) in [5.74, 6) is -0.0409. The first-order chi connectivity index (χ1) is 20.0. The maximum Gasteiger partial charge on any atom is 0.508 e. The molecule has 15 heteroatoms. The lowest BCUT2D eigenvalue weighted by atomic mass is 10.1. The number of carbonyl (C=O) groups excluding carboxylic acids is 2. The normalized spacial score (nSPS) is 15.7. The van der Waals surface area contributed by atoms with Crippen molar-refractivity contribution in [2.24, 2.45) is 0 Å². The van der Waals surface area contributed by atoms with Crippen LogP contribution in [0.4, 0.5) is 22.8 Å². The number of carbonyl (C=O) groups is 2. The van der Waals surface area contributed by atoms with Gasteiger partial charge in [-0.2, -0.15) is 13.2 Å². The van der Waals surface area contributed by atoms with Gasteiger partial charge in [-0.1, -0.05) is 12.1 Å². The summed E-state index contributed by atoms with van der Waals surface area (Å²) in [5.41, 5.74) is 1.34. The summed E-state index contributed by atoms with van der Waals surface area (Å²) in [5, 5.41) is -0.931. The highest BCUT2D eigenvalue weighted by Gasteiger charge is 2.31. The Morgan fingerprint density at radius 2 is 1.93 bits per heavy atom. The van der Waals surface area contributed by atoms with E-state index in [1.54, 1.807) is 31.2 Å². The molecule has 1 amide bonds. The van der Waals surface area contributed by atoms with Gasteiger partial charge in [0.2, 0.25) is 5.16 Å². The van der Waals surface area contributed by atoms with Crippen molar-refractivity contribution in [3.63, 3.8) is 0 Å². The van der Waals surface area contributed by atoms with Crippen molar-refractivity contribution in [2.45, 2.75) is 49.4 Å². The van der Waals surface area contributed by atoms with E-state index in [0.29, 0.717) is 42.7 Å². The molecule has 0 N–H and O–H groups in total. The Labute approximate surface area is 242 Å². The number of halogens is 3. The number of hydrogen-bond donors (Lipinski definition) is 0. The molecule has 2 aromatic heterocycles. The van der Waals surface area contributed by atoms with E-state index < -0.39 is 41.0 Å². The third-order valence-electron chi connectivity index (χ3n) is 6.60. The lowest BCUT2D eigenvalue weighted by Gasteiger charge is -2.22. The van der Waals surface area contributed by atoms with Crippen LogP contribution in [0.2, 0.25) is 0 Å². The molecule has 2 atom stereocenters. The molecule has 1 saturated heterocycles. The molecule has 1 aliphatic heterocycles. The number of rotatable bonds is 9. The Morgan fingerprint density at radius 1 is 1.21 bits per heavy atom. The average Bonchev–Trinajstić information content (AvgIpc) is 3.35. The number of benzene rings is 1. The fourth-order valence-corrected chi connectivity index (χ4v) is 5.64. The number of para-hydroxylation sites is 2. The first kappa shape index (κ1) is 31.2. The summed E-state index contributed by atoms with van der Waals surface area (Å²) in [4.78, 5) is 35.6. The second-order valence-corrected chi connectivity index (χ2v) is 11.3. The van der Waals surface area contributed by atoms with Gasteiger partial charge in [-0.3, -0.25) is 9.19 Å². The number of imidazole rings is 1. The molecule has 2 unspecified atom stereocenters. The number of amides is 1. The smallest absolute Gasteiger partial charge is 0.484 e. The monoisotopic (exact) mass is 612 g/mol. The van der Waals surface area contributed by atoms with E-state index in [1.165, 1.54) is 35.7 Å². The highest BCUT2D eigenvalue weighted by Crippen LogP contribution is 2.32. The number of ether oxygens (including phenoxy) is 4. The molecular weight excluding hydrogens is 581 g/mol. The first-order valence-electron chi connectivity index (χ1n) is 13.2. The van der Waals surface area contributed by atoms with Crippen molar-refractivity contribution in [2.75, 3.05) is 40.0 Å². The van der Waals surface area contributed by atoms with Crippen molar-refractivity contribution in [3.8, 4) is 5.75 Å². The largest absolute Gasteiger partial charge is 0.508 e. The van der Waals surface area contributed by atoms with Gasteiger partial charge in [0.15, 0.2) is 6.61 Å². The van der Waals surface area contributed by atoms with Gasteiger partial charge in [0.05, 0.1) is 52.5 Å². The van der Waals surface area contributed by atoms with Gasteiger partial charge in [-0.05, 0) is 32.0 Å². The van der Waals surface area contributed by atoms with Crippen LogP contribution >= 0.6 is 0 Å². The van der Waals surface area contributed by atoms with E-state index in [9.17, 15) is 27.0 Å². The summed E-state index contributed by atoms with van der Waals surface area (Å²) >= 11 is 0. The molecule has 0 saturated carbocycles. The van der Waals surface area contributed by atoms with Crippen molar-refractivity contribution in [1.82, 2.24) is 19.4 Å². The van der Waals surface area contributed by atoms with E-state index in [1.807, 2.05) is 0 Å². The second kappa shape index (κ2) is 13.5. The van der Waals surface area contributed by atoms with Crippen molar-refractivity contribution >= 4 is 34.0 Å².